The van der Waals surface area contributed by atoms with Crippen molar-refractivity contribution in [2.75, 3.05) is 11.6 Å². The van der Waals surface area contributed by atoms with E-state index in [2.05, 4.69) is 33.1 Å². The molecular weight excluding hydrogens is 334 g/mol. The van der Waals surface area contributed by atoms with Gasteiger partial charge in [-0.3, -0.25) is 15.3 Å². The molecule has 0 aliphatic rings. The van der Waals surface area contributed by atoms with Crippen LogP contribution in [0.15, 0.2) is 48.5 Å². The lowest BCUT2D eigenvalue weighted by Gasteiger charge is -2.20. The molecule has 6 nitrogen and oxygen atoms in total. The number of amides is 1. The maximum atomic E-state index is 11.4. The number of carbonyl (C=O) groups is 1. The van der Waals surface area contributed by atoms with E-state index in [0.29, 0.717) is 23.8 Å². The number of rotatable bonds is 6. The van der Waals surface area contributed by atoms with Crippen LogP contribution in [0.2, 0.25) is 0 Å². The molecule has 0 spiro atoms. The lowest BCUT2D eigenvalue weighted by atomic mass is 10.1. The van der Waals surface area contributed by atoms with Gasteiger partial charge in [-0.05, 0) is 49.3 Å². The highest BCUT2D eigenvalue weighted by molar-refractivity contribution is 7.80. The lowest BCUT2D eigenvalue weighted by molar-refractivity contribution is -0.107. The summed E-state index contributed by atoms with van der Waals surface area (Å²) in [5.41, 5.74) is 6.63. The zero-order valence-corrected chi connectivity index (χ0v) is 14.6. The monoisotopic (exact) mass is 353 g/mol. The standard InChI is InChI=1S/C18H19N5OS/c1-13-16-11-15(7-8-17(16)21-20-13)23(12-24)22-18(25)19-10-9-14-5-3-2-4-6-14/h2-8,11-12H,9-10H2,1H3,(H,20,21)(H2,19,22,25). The molecule has 7 heteroatoms. The van der Waals surface area contributed by atoms with Crippen LogP contribution in [-0.2, 0) is 11.2 Å². The average Bonchev–Trinajstić information content (AvgIpc) is 3.01. The Hall–Kier alpha value is -2.93. The first kappa shape index (κ1) is 16.9. The Kier molecular flexibility index (Phi) is 5.25. The Balaban J connectivity index is 1.59. The Morgan fingerprint density at radius 1 is 1.28 bits per heavy atom. The number of hydrazine groups is 1. The first-order valence-electron chi connectivity index (χ1n) is 7.95. The Labute approximate surface area is 151 Å². The fourth-order valence-corrected chi connectivity index (χ4v) is 2.75. The van der Waals surface area contributed by atoms with E-state index in [0.717, 1.165) is 23.0 Å². The van der Waals surface area contributed by atoms with Gasteiger partial charge in [-0.2, -0.15) is 5.10 Å². The van der Waals surface area contributed by atoms with Gasteiger partial charge in [-0.1, -0.05) is 30.3 Å². The first-order chi connectivity index (χ1) is 12.2. The third-order valence-electron chi connectivity index (χ3n) is 3.88. The number of anilines is 1. The second kappa shape index (κ2) is 7.76. The van der Waals surface area contributed by atoms with Crippen LogP contribution < -0.4 is 15.8 Å². The van der Waals surface area contributed by atoms with E-state index in [1.165, 1.54) is 10.6 Å². The van der Waals surface area contributed by atoms with E-state index >= 15 is 0 Å². The van der Waals surface area contributed by atoms with Crippen molar-refractivity contribution in [3.8, 4) is 0 Å². The van der Waals surface area contributed by atoms with Crippen molar-refractivity contribution in [3.63, 3.8) is 0 Å². The number of nitrogens with zero attached hydrogens (tertiary/aromatic N) is 2. The molecule has 1 heterocycles. The van der Waals surface area contributed by atoms with Crippen molar-refractivity contribution in [1.82, 2.24) is 20.9 Å². The number of aromatic amines is 1. The zero-order chi connectivity index (χ0) is 17.6. The Morgan fingerprint density at radius 2 is 2.08 bits per heavy atom. The fourth-order valence-electron chi connectivity index (χ4n) is 2.55. The van der Waals surface area contributed by atoms with E-state index in [1.54, 1.807) is 0 Å². The molecule has 0 unspecified atom stereocenters. The molecule has 1 aromatic heterocycles. The maximum absolute atomic E-state index is 11.4. The van der Waals surface area contributed by atoms with E-state index in [1.807, 2.05) is 43.3 Å². The molecule has 128 valence electrons. The molecule has 3 rings (SSSR count). The van der Waals surface area contributed by atoms with Crippen LogP contribution in [0.1, 0.15) is 11.3 Å². The normalized spacial score (nSPS) is 10.4. The van der Waals surface area contributed by atoms with E-state index in [9.17, 15) is 4.79 Å². The van der Waals surface area contributed by atoms with Gasteiger partial charge in [0.05, 0.1) is 16.9 Å². The van der Waals surface area contributed by atoms with E-state index in [4.69, 9.17) is 12.2 Å². The number of aromatic nitrogens is 2. The zero-order valence-electron chi connectivity index (χ0n) is 13.8. The van der Waals surface area contributed by atoms with Crippen molar-refractivity contribution in [1.29, 1.82) is 0 Å². The molecule has 0 bridgehead atoms. The minimum absolute atomic E-state index is 0.395. The fraction of sp³-hybridized carbons (Fsp3) is 0.167. The van der Waals surface area contributed by atoms with Crippen LogP contribution in [0.25, 0.3) is 10.9 Å². The Morgan fingerprint density at radius 3 is 2.84 bits per heavy atom. The summed E-state index contributed by atoms with van der Waals surface area (Å²) in [5, 5.41) is 12.9. The quantitative estimate of drug-likeness (QED) is 0.361. The predicted octanol–water partition coefficient (Wildman–Crippen LogP) is 2.46. The summed E-state index contributed by atoms with van der Waals surface area (Å²) in [7, 11) is 0. The molecule has 1 amide bonds. The summed E-state index contributed by atoms with van der Waals surface area (Å²) < 4.78 is 0. The number of fused-ring (bicyclic) bond motifs is 1. The summed E-state index contributed by atoms with van der Waals surface area (Å²) in [6.45, 7) is 2.60. The van der Waals surface area contributed by atoms with Crippen molar-refractivity contribution in [2.45, 2.75) is 13.3 Å². The second-order valence-electron chi connectivity index (χ2n) is 5.62. The highest BCUT2D eigenvalue weighted by Gasteiger charge is 2.10. The molecule has 0 fully saturated rings. The average molecular weight is 353 g/mol. The van der Waals surface area contributed by atoms with Gasteiger partial charge in [0.25, 0.3) is 0 Å². The summed E-state index contributed by atoms with van der Waals surface area (Å²) in [5.74, 6) is 0. The minimum atomic E-state index is 0.395. The third kappa shape index (κ3) is 4.13. The molecule has 2 aromatic carbocycles. The van der Waals surface area contributed by atoms with Crippen molar-refractivity contribution in [3.05, 3.63) is 59.8 Å². The van der Waals surface area contributed by atoms with Crippen LogP contribution in [-0.4, -0.2) is 28.3 Å². The van der Waals surface area contributed by atoms with Gasteiger partial charge >= 0.3 is 0 Å². The highest BCUT2D eigenvalue weighted by atomic mass is 32.1. The largest absolute Gasteiger partial charge is 0.361 e. The number of hydrogen-bond donors (Lipinski definition) is 3. The summed E-state index contributed by atoms with van der Waals surface area (Å²) in [4.78, 5) is 11.4. The van der Waals surface area contributed by atoms with Crippen molar-refractivity contribution in [2.24, 2.45) is 0 Å². The second-order valence-corrected chi connectivity index (χ2v) is 6.03. The van der Waals surface area contributed by atoms with Crippen LogP contribution >= 0.6 is 12.2 Å². The van der Waals surface area contributed by atoms with Crippen LogP contribution in [0.5, 0.6) is 0 Å². The SMILES string of the molecule is Cc1n[nH]c2ccc(N(C=O)NC(=S)NCCc3ccccc3)cc12. The number of H-pyrrole nitrogens is 1. The molecule has 3 N–H and O–H groups in total. The van der Waals surface area contributed by atoms with Gasteiger partial charge in [0.1, 0.15) is 0 Å². The molecule has 0 saturated heterocycles. The van der Waals surface area contributed by atoms with Crippen molar-refractivity contribution < 1.29 is 4.79 Å². The van der Waals surface area contributed by atoms with Gasteiger partial charge in [0, 0.05) is 11.9 Å². The maximum Gasteiger partial charge on any atom is 0.232 e. The molecule has 0 aliphatic heterocycles. The van der Waals surface area contributed by atoms with Gasteiger partial charge < -0.3 is 5.32 Å². The molecule has 25 heavy (non-hydrogen) atoms. The molecular formula is C18H19N5OS. The first-order valence-corrected chi connectivity index (χ1v) is 8.36. The number of aryl methyl sites for hydroxylation is 1. The van der Waals surface area contributed by atoms with Crippen LogP contribution in [0.3, 0.4) is 0 Å². The predicted molar refractivity (Wildman–Crippen MR) is 103 cm³/mol. The van der Waals surface area contributed by atoms with E-state index in [-0.39, 0.29) is 0 Å². The molecule has 0 radical (unpaired) electrons. The molecule has 0 saturated carbocycles. The number of nitrogens with one attached hydrogen (secondary N) is 3. The van der Waals surface area contributed by atoms with Crippen LogP contribution in [0, 0.1) is 6.92 Å². The Bertz CT molecular complexity index is 878. The van der Waals surface area contributed by atoms with Gasteiger partial charge in [-0.25, -0.2) is 5.01 Å². The number of thiocarbonyl (C=S) groups is 1. The molecule has 0 aliphatic carbocycles. The number of benzene rings is 2. The van der Waals surface area contributed by atoms with Crippen LogP contribution in [0.4, 0.5) is 5.69 Å². The highest BCUT2D eigenvalue weighted by Crippen LogP contribution is 2.21. The summed E-state index contributed by atoms with van der Waals surface area (Å²) in [6.07, 6.45) is 1.55. The minimum Gasteiger partial charge on any atom is -0.361 e. The number of hydrogen-bond acceptors (Lipinski definition) is 3. The van der Waals surface area contributed by atoms with Gasteiger partial charge in [-0.15, -0.1) is 0 Å². The van der Waals surface area contributed by atoms with E-state index < -0.39 is 0 Å². The summed E-state index contributed by atoms with van der Waals surface area (Å²) in [6, 6.07) is 15.7. The topological polar surface area (TPSA) is 73.0 Å². The lowest BCUT2D eigenvalue weighted by Crippen LogP contribution is -2.47. The smallest absolute Gasteiger partial charge is 0.232 e. The van der Waals surface area contributed by atoms with Crippen molar-refractivity contribution >= 4 is 40.3 Å². The summed E-state index contributed by atoms with van der Waals surface area (Å²) >= 11 is 5.28. The molecule has 3 aromatic rings. The number of carbonyl (C=O) groups excluding carboxylic acids is 1. The van der Waals surface area contributed by atoms with Gasteiger partial charge in [0.2, 0.25) is 6.41 Å². The van der Waals surface area contributed by atoms with Gasteiger partial charge in [0.15, 0.2) is 5.11 Å². The third-order valence-corrected chi connectivity index (χ3v) is 4.12. The molecule has 0 atom stereocenters.